The first-order valence-electron chi connectivity index (χ1n) is 13.2. The fourth-order valence-corrected chi connectivity index (χ4v) is 4.79. The average molecular weight is 520 g/mol. The van der Waals surface area contributed by atoms with Crippen LogP contribution >= 0.6 is 0 Å². The molecular formula is C33H33N3O3. The van der Waals surface area contributed by atoms with Crippen molar-refractivity contribution in [2.45, 2.75) is 38.3 Å². The largest absolute Gasteiger partial charge is 0.459 e. The van der Waals surface area contributed by atoms with E-state index in [4.69, 9.17) is 4.42 Å². The Balaban J connectivity index is 0.00000370. The summed E-state index contributed by atoms with van der Waals surface area (Å²) < 4.78 is 5.49. The Morgan fingerprint density at radius 3 is 2.44 bits per heavy atom. The number of nitrogens with zero attached hydrogens (tertiary/aromatic N) is 2. The van der Waals surface area contributed by atoms with Crippen LogP contribution in [0.25, 0.3) is 0 Å². The Hall–Kier alpha value is -4.71. The van der Waals surface area contributed by atoms with Crippen LogP contribution in [0.5, 0.6) is 0 Å². The number of carbonyl (C=O) groups excluding carboxylic acids is 2. The minimum absolute atomic E-state index is 0. The van der Waals surface area contributed by atoms with Gasteiger partial charge in [0.15, 0.2) is 5.76 Å². The molecule has 198 valence electrons. The quantitative estimate of drug-likeness (QED) is 0.268. The Bertz CT molecular complexity index is 1450. The summed E-state index contributed by atoms with van der Waals surface area (Å²) in [5.74, 6) is -0.566. The highest BCUT2D eigenvalue weighted by atomic mass is 16.3. The van der Waals surface area contributed by atoms with E-state index in [1.165, 1.54) is 16.7 Å². The van der Waals surface area contributed by atoms with Gasteiger partial charge in [-0.25, -0.2) is 0 Å². The van der Waals surface area contributed by atoms with E-state index in [1.807, 2.05) is 61.5 Å². The fraction of sp³-hybridized carbons (Fsp3) is 0.182. The number of hydrogen-bond donors (Lipinski definition) is 1. The van der Waals surface area contributed by atoms with Crippen LogP contribution in [0, 0.1) is 0 Å². The van der Waals surface area contributed by atoms with Crippen LogP contribution in [0.2, 0.25) is 0 Å². The average Bonchev–Trinajstić information content (AvgIpc) is 3.53. The molecule has 2 atom stereocenters. The Morgan fingerprint density at radius 1 is 0.974 bits per heavy atom. The van der Waals surface area contributed by atoms with Crippen molar-refractivity contribution in [3.8, 4) is 0 Å². The number of nitrogens with one attached hydrogen (secondary N) is 1. The standard InChI is InChI=1S/C33H31N3O3.H2/c1-24(27-12-6-3-7-13-27)35-32(37)31(28-14-8-20-34-23-28)36(33(38)30-15-9-21-39-30)29-18-16-26(17-19-29)22-25-10-4-2-5-11-25;/h2,4-6,8-21,23-24,31H,3,7,22H2,1H3,(H,35,37);1H/t24-,31?;/m0./s1. The molecule has 2 amide bonds. The molecular weight excluding hydrogens is 486 g/mol. The lowest BCUT2D eigenvalue weighted by molar-refractivity contribution is -0.122. The van der Waals surface area contributed by atoms with Gasteiger partial charge in [0, 0.05) is 25.1 Å². The molecule has 1 aliphatic carbocycles. The van der Waals surface area contributed by atoms with Gasteiger partial charge in [-0.1, -0.05) is 66.8 Å². The number of benzene rings is 2. The maximum absolute atomic E-state index is 14.0. The molecule has 6 nitrogen and oxygen atoms in total. The molecule has 0 radical (unpaired) electrons. The third-order valence-electron chi connectivity index (χ3n) is 6.81. The predicted molar refractivity (Wildman–Crippen MR) is 154 cm³/mol. The molecule has 5 rings (SSSR count). The highest BCUT2D eigenvalue weighted by Gasteiger charge is 2.35. The monoisotopic (exact) mass is 519 g/mol. The summed E-state index contributed by atoms with van der Waals surface area (Å²) in [5, 5.41) is 3.13. The molecule has 0 aliphatic heterocycles. The highest BCUT2D eigenvalue weighted by Crippen LogP contribution is 2.31. The van der Waals surface area contributed by atoms with Crippen molar-refractivity contribution < 1.29 is 15.4 Å². The lowest BCUT2D eigenvalue weighted by Gasteiger charge is -2.32. The Morgan fingerprint density at radius 2 is 1.77 bits per heavy atom. The number of rotatable bonds is 9. The van der Waals surface area contributed by atoms with Gasteiger partial charge in [-0.2, -0.15) is 0 Å². The first-order valence-corrected chi connectivity index (χ1v) is 13.2. The Kier molecular flexibility index (Phi) is 8.12. The molecule has 1 N–H and O–H groups in total. The van der Waals surface area contributed by atoms with Gasteiger partial charge < -0.3 is 9.73 Å². The molecule has 0 fully saturated rings. The summed E-state index contributed by atoms with van der Waals surface area (Å²) in [7, 11) is 0. The lowest BCUT2D eigenvalue weighted by atomic mass is 9.99. The van der Waals surface area contributed by atoms with E-state index < -0.39 is 11.9 Å². The van der Waals surface area contributed by atoms with Gasteiger partial charge in [-0.15, -0.1) is 0 Å². The van der Waals surface area contributed by atoms with Crippen LogP contribution in [-0.4, -0.2) is 22.8 Å². The van der Waals surface area contributed by atoms with Crippen molar-refractivity contribution in [2.75, 3.05) is 4.90 Å². The molecule has 1 aliphatic rings. The minimum atomic E-state index is -0.966. The van der Waals surface area contributed by atoms with E-state index in [2.05, 4.69) is 34.6 Å². The zero-order valence-electron chi connectivity index (χ0n) is 21.9. The molecule has 0 saturated carbocycles. The second kappa shape index (κ2) is 12.2. The third kappa shape index (κ3) is 6.24. The number of hydrogen-bond acceptors (Lipinski definition) is 4. The van der Waals surface area contributed by atoms with Gasteiger partial charge >= 0.3 is 0 Å². The van der Waals surface area contributed by atoms with Crippen LogP contribution in [0.15, 0.2) is 126 Å². The highest BCUT2D eigenvalue weighted by molar-refractivity contribution is 6.08. The number of allylic oxidation sites excluding steroid dienone is 2. The number of amides is 2. The fourth-order valence-electron chi connectivity index (χ4n) is 4.79. The smallest absolute Gasteiger partial charge is 0.294 e. The normalized spacial score (nSPS) is 14.2. The summed E-state index contributed by atoms with van der Waals surface area (Å²) in [6.07, 6.45) is 13.7. The van der Waals surface area contributed by atoms with Gasteiger partial charge in [-0.05, 0) is 73.2 Å². The van der Waals surface area contributed by atoms with Crippen molar-refractivity contribution >= 4 is 17.5 Å². The van der Waals surface area contributed by atoms with Crippen LogP contribution in [0.3, 0.4) is 0 Å². The van der Waals surface area contributed by atoms with Gasteiger partial charge in [0.2, 0.25) is 5.91 Å². The van der Waals surface area contributed by atoms with Gasteiger partial charge in [0.05, 0.1) is 12.3 Å². The maximum Gasteiger partial charge on any atom is 0.294 e. The Labute approximate surface area is 230 Å². The summed E-state index contributed by atoms with van der Waals surface area (Å²) >= 11 is 0. The number of aromatic nitrogens is 1. The van der Waals surface area contributed by atoms with Crippen molar-refractivity contribution in [3.05, 3.63) is 144 Å². The molecule has 0 saturated heterocycles. The predicted octanol–water partition coefficient (Wildman–Crippen LogP) is 6.68. The van der Waals surface area contributed by atoms with Crippen molar-refractivity contribution in [1.82, 2.24) is 10.3 Å². The van der Waals surface area contributed by atoms with E-state index in [0.29, 0.717) is 11.3 Å². The first-order chi connectivity index (χ1) is 19.1. The SMILES string of the molecule is C[C@H](NC(=O)C(c1cccnc1)N(C(=O)c1ccco1)c1ccc(Cc2ccccc2)cc1)C1=CCCC=C1.[HH]. The van der Waals surface area contributed by atoms with Crippen molar-refractivity contribution in [1.29, 1.82) is 0 Å². The number of anilines is 1. The number of pyridine rings is 1. The number of carbonyl (C=O) groups is 2. The van der Waals surface area contributed by atoms with Gasteiger partial charge in [-0.3, -0.25) is 19.5 Å². The molecule has 4 aromatic rings. The summed E-state index contributed by atoms with van der Waals surface area (Å²) in [4.78, 5) is 33.6. The van der Waals surface area contributed by atoms with Gasteiger partial charge in [0.25, 0.3) is 5.91 Å². The molecule has 2 aromatic carbocycles. The van der Waals surface area contributed by atoms with Crippen LogP contribution in [-0.2, 0) is 11.2 Å². The van der Waals surface area contributed by atoms with Crippen molar-refractivity contribution in [2.24, 2.45) is 0 Å². The van der Waals surface area contributed by atoms with E-state index in [9.17, 15) is 9.59 Å². The van der Waals surface area contributed by atoms with Gasteiger partial charge in [0.1, 0.15) is 6.04 Å². The summed E-state index contributed by atoms with van der Waals surface area (Å²) in [6.45, 7) is 1.96. The summed E-state index contributed by atoms with van der Waals surface area (Å²) in [5.41, 5.74) is 4.53. The minimum Gasteiger partial charge on any atom is -0.459 e. The van der Waals surface area contributed by atoms with Crippen LogP contribution in [0.1, 0.15) is 54.5 Å². The summed E-state index contributed by atoms with van der Waals surface area (Å²) in [6, 6.07) is 23.6. The second-order valence-corrected chi connectivity index (χ2v) is 9.58. The third-order valence-corrected chi connectivity index (χ3v) is 6.81. The second-order valence-electron chi connectivity index (χ2n) is 9.58. The molecule has 0 spiro atoms. The van der Waals surface area contributed by atoms with Crippen molar-refractivity contribution in [3.63, 3.8) is 0 Å². The van der Waals surface area contributed by atoms with Crippen LogP contribution < -0.4 is 10.2 Å². The van der Waals surface area contributed by atoms with E-state index in [0.717, 1.165) is 30.4 Å². The van der Waals surface area contributed by atoms with E-state index in [-0.39, 0.29) is 19.1 Å². The molecule has 39 heavy (non-hydrogen) atoms. The van der Waals surface area contributed by atoms with Crippen LogP contribution in [0.4, 0.5) is 5.69 Å². The zero-order valence-corrected chi connectivity index (χ0v) is 21.9. The molecule has 2 aromatic heterocycles. The molecule has 6 heteroatoms. The van der Waals surface area contributed by atoms with E-state index >= 15 is 0 Å². The number of furan rings is 1. The molecule has 0 bridgehead atoms. The lowest BCUT2D eigenvalue weighted by Crippen LogP contribution is -2.46. The first kappa shape index (κ1) is 25.9. The topological polar surface area (TPSA) is 75.4 Å². The van der Waals surface area contributed by atoms with E-state index in [1.54, 1.807) is 30.6 Å². The maximum atomic E-state index is 14.0. The molecule has 2 heterocycles. The molecule has 1 unspecified atom stereocenters. The zero-order chi connectivity index (χ0) is 27.0.